The van der Waals surface area contributed by atoms with Gasteiger partial charge in [-0.1, -0.05) is 30.3 Å². The van der Waals surface area contributed by atoms with Crippen molar-refractivity contribution >= 4 is 0 Å². The van der Waals surface area contributed by atoms with Gasteiger partial charge in [-0.15, -0.1) is 0 Å². The van der Waals surface area contributed by atoms with Crippen LogP contribution in [0.15, 0.2) is 48.5 Å². The van der Waals surface area contributed by atoms with Crippen molar-refractivity contribution in [3.8, 4) is 5.75 Å². The average Bonchev–Trinajstić information content (AvgIpc) is 3.11. The molecule has 0 aromatic heterocycles. The molecule has 2 fully saturated rings. The van der Waals surface area contributed by atoms with Crippen molar-refractivity contribution < 1.29 is 9.13 Å². The summed E-state index contributed by atoms with van der Waals surface area (Å²) in [6.45, 7) is 0. The van der Waals surface area contributed by atoms with Gasteiger partial charge in [-0.25, -0.2) is 4.39 Å². The van der Waals surface area contributed by atoms with Crippen LogP contribution in [0.1, 0.15) is 36.8 Å². The van der Waals surface area contributed by atoms with Crippen LogP contribution in [-0.2, 0) is 5.41 Å². The maximum absolute atomic E-state index is 14.7. The molecule has 0 N–H and O–H groups in total. The summed E-state index contributed by atoms with van der Waals surface area (Å²) in [5, 5.41) is 0. The maximum Gasteiger partial charge on any atom is 0.127 e. The molecule has 0 spiro atoms. The molecule has 22 heavy (non-hydrogen) atoms. The highest BCUT2D eigenvalue weighted by molar-refractivity contribution is 5.46. The molecule has 0 amide bonds. The van der Waals surface area contributed by atoms with Gasteiger partial charge < -0.3 is 4.74 Å². The normalized spacial score (nSPS) is 29.7. The number of halogens is 1. The molecule has 0 heterocycles. The Morgan fingerprint density at radius 1 is 0.909 bits per heavy atom. The molecule has 1 nitrogen and oxygen atoms in total. The van der Waals surface area contributed by atoms with Crippen molar-refractivity contribution in [1.29, 1.82) is 0 Å². The molecule has 2 aliphatic carbocycles. The largest absolute Gasteiger partial charge is 0.497 e. The lowest BCUT2D eigenvalue weighted by atomic mass is 9.66. The van der Waals surface area contributed by atoms with Gasteiger partial charge in [0.1, 0.15) is 11.6 Å². The number of ether oxygens (including phenoxy) is 1. The zero-order valence-electron chi connectivity index (χ0n) is 12.9. The molecule has 2 aromatic rings. The van der Waals surface area contributed by atoms with Crippen molar-refractivity contribution in [2.24, 2.45) is 11.8 Å². The standard InChI is InChI=1S/C20H21FO/c1-22-17-12-10-16(11-13-17)20(14-6-7-15(20)9-8-14)18-4-2-3-5-19(18)21/h2-5,10-15H,6-9H2,1H3. The zero-order valence-corrected chi connectivity index (χ0v) is 12.9. The highest BCUT2D eigenvalue weighted by atomic mass is 19.1. The van der Waals surface area contributed by atoms with E-state index in [-0.39, 0.29) is 11.2 Å². The quantitative estimate of drug-likeness (QED) is 0.779. The first-order valence-electron chi connectivity index (χ1n) is 8.16. The predicted molar refractivity (Wildman–Crippen MR) is 85.6 cm³/mol. The van der Waals surface area contributed by atoms with Crippen LogP contribution in [0.3, 0.4) is 0 Å². The van der Waals surface area contributed by atoms with Gasteiger partial charge >= 0.3 is 0 Å². The first-order valence-corrected chi connectivity index (χ1v) is 8.16. The fourth-order valence-electron chi connectivity index (χ4n) is 5.07. The van der Waals surface area contributed by atoms with E-state index in [4.69, 9.17) is 4.74 Å². The number of rotatable bonds is 3. The molecular formula is C20H21FO. The van der Waals surface area contributed by atoms with Crippen LogP contribution in [0.5, 0.6) is 5.75 Å². The Balaban J connectivity index is 1.92. The van der Waals surface area contributed by atoms with Gasteiger partial charge in [-0.05, 0) is 66.8 Å². The van der Waals surface area contributed by atoms with E-state index in [1.165, 1.54) is 31.2 Å². The van der Waals surface area contributed by atoms with E-state index in [0.29, 0.717) is 11.8 Å². The van der Waals surface area contributed by atoms with E-state index in [1.54, 1.807) is 19.2 Å². The van der Waals surface area contributed by atoms with Crippen molar-refractivity contribution in [2.75, 3.05) is 7.11 Å². The smallest absolute Gasteiger partial charge is 0.127 e. The van der Waals surface area contributed by atoms with E-state index >= 15 is 0 Å². The predicted octanol–water partition coefficient (Wildman–Crippen LogP) is 4.94. The number of fused-ring (bicyclic) bond motifs is 2. The van der Waals surface area contributed by atoms with Gasteiger partial charge in [0.25, 0.3) is 0 Å². The summed E-state index contributed by atoms with van der Waals surface area (Å²) in [7, 11) is 1.68. The second-order valence-electron chi connectivity index (χ2n) is 6.63. The van der Waals surface area contributed by atoms with Crippen molar-refractivity contribution in [2.45, 2.75) is 31.1 Å². The molecule has 0 atom stereocenters. The third-order valence-corrected chi connectivity index (χ3v) is 5.90. The van der Waals surface area contributed by atoms with Crippen LogP contribution in [0.4, 0.5) is 4.39 Å². The van der Waals surface area contributed by atoms with Gasteiger partial charge in [0.05, 0.1) is 7.11 Å². The van der Waals surface area contributed by atoms with Crippen LogP contribution in [-0.4, -0.2) is 7.11 Å². The van der Waals surface area contributed by atoms with Gasteiger partial charge in [0.2, 0.25) is 0 Å². The number of methoxy groups -OCH3 is 1. The average molecular weight is 296 g/mol. The SMILES string of the molecule is COc1ccc(C2(c3ccccc3F)C3CCC2CC3)cc1. The third-order valence-electron chi connectivity index (χ3n) is 5.90. The van der Waals surface area contributed by atoms with Gasteiger partial charge in [-0.3, -0.25) is 0 Å². The number of hydrogen-bond acceptors (Lipinski definition) is 1. The Labute approximate surface area is 131 Å². The van der Waals surface area contributed by atoms with Crippen LogP contribution in [0.25, 0.3) is 0 Å². The fraction of sp³-hybridized carbons (Fsp3) is 0.400. The number of hydrogen-bond donors (Lipinski definition) is 0. The Hall–Kier alpha value is -1.83. The first kappa shape index (κ1) is 13.8. The molecule has 0 aliphatic heterocycles. The second-order valence-corrected chi connectivity index (χ2v) is 6.63. The zero-order chi connectivity index (χ0) is 15.2. The monoisotopic (exact) mass is 296 g/mol. The van der Waals surface area contributed by atoms with Crippen LogP contribution < -0.4 is 4.74 Å². The highest BCUT2D eigenvalue weighted by Gasteiger charge is 2.56. The molecule has 2 saturated carbocycles. The third kappa shape index (κ3) is 1.76. The highest BCUT2D eigenvalue weighted by Crippen LogP contribution is 2.62. The summed E-state index contributed by atoms with van der Waals surface area (Å²) >= 11 is 0. The van der Waals surface area contributed by atoms with Crippen LogP contribution in [0, 0.1) is 17.7 Å². The molecule has 114 valence electrons. The van der Waals surface area contributed by atoms with Gasteiger partial charge in [0, 0.05) is 5.41 Å². The van der Waals surface area contributed by atoms with E-state index in [0.717, 1.165) is 11.3 Å². The summed E-state index contributed by atoms with van der Waals surface area (Å²) in [5.74, 6) is 1.92. The molecule has 0 saturated heterocycles. The Bertz CT molecular complexity index is 656. The summed E-state index contributed by atoms with van der Waals surface area (Å²) in [6.07, 6.45) is 4.85. The Morgan fingerprint density at radius 2 is 1.50 bits per heavy atom. The van der Waals surface area contributed by atoms with Crippen LogP contribution >= 0.6 is 0 Å². The lowest BCUT2D eigenvalue weighted by molar-refractivity contribution is 0.371. The summed E-state index contributed by atoms with van der Waals surface area (Å²) in [4.78, 5) is 0. The topological polar surface area (TPSA) is 9.23 Å². The van der Waals surface area contributed by atoms with Crippen molar-refractivity contribution in [3.63, 3.8) is 0 Å². The second kappa shape index (κ2) is 5.12. The molecular weight excluding hydrogens is 275 g/mol. The molecule has 0 unspecified atom stereocenters. The maximum atomic E-state index is 14.7. The molecule has 2 aliphatic rings. The van der Waals surface area contributed by atoms with Crippen molar-refractivity contribution in [3.05, 3.63) is 65.5 Å². The minimum absolute atomic E-state index is 0.0582. The minimum atomic E-state index is -0.141. The molecule has 2 heteroatoms. The molecule has 0 radical (unpaired) electrons. The summed E-state index contributed by atoms with van der Waals surface area (Å²) < 4.78 is 20.0. The summed E-state index contributed by atoms with van der Waals surface area (Å²) in [5.41, 5.74) is 2.01. The lowest BCUT2D eigenvalue weighted by Crippen LogP contribution is -2.34. The Morgan fingerprint density at radius 3 is 2.05 bits per heavy atom. The van der Waals surface area contributed by atoms with E-state index < -0.39 is 0 Å². The van der Waals surface area contributed by atoms with Gasteiger partial charge in [0.15, 0.2) is 0 Å². The van der Waals surface area contributed by atoms with E-state index in [1.807, 2.05) is 24.3 Å². The fourth-order valence-corrected chi connectivity index (χ4v) is 5.07. The van der Waals surface area contributed by atoms with Crippen LogP contribution in [0.2, 0.25) is 0 Å². The Kier molecular flexibility index (Phi) is 3.21. The lowest BCUT2D eigenvalue weighted by Gasteiger charge is -2.36. The van der Waals surface area contributed by atoms with E-state index in [9.17, 15) is 4.39 Å². The first-order chi connectivity index (χ1) is 10.8. The molecule has 2 aromatic carbocycles. The van der Waals surface area contributed by atoms with Crippen molar-refractivity contribution in [1.82, 2.24) is 0 Å². The number of benzene rings is 2. The minimum Gasteiger partial charge on any atom is -0.497 e. The molecule has 4 rings (SSSR count). The molecule has 2 bridgehead atoms. The summed E-state index contributed by atoms with van der Waals surface area (Å²) in [6, 6.07) is 15.7. The van der Waals surface area contributed by atoms with Gasteiger partial charge in [-0.2, -0.15) is 0 Å². The van der Waals surface area contributed by atoms with E-state index in [2.05, 4.69) is 12.1 Å².